The summed E-state index contributed by atoms with van der Waals surface area (Å²) >= 11 is 0. The molecule has 0 aliphatic heterocycles. The Bertz CT molecular complexity index is 585. The van der Waals surface area contributed by atoms with Crippen LogP contribution in [-0.2, 0) is 19.1 Å². The lowest BCUT2D eigenvalue weighted by molar-refractivity contribution is -0.168. The Morgan fingerprint density at radius 1 is 1.18 bits per heavy atom. The minimum Gasteiger partial charge on any atom is -0.468 e. The highest BCUT2D eigenvalue weighted by atomic mass is 16.5. The minimum absolute atomic E-state index is 0.0570. The predicted molar refractivity (Wildman–Crippen MR) is 83.8 cm³/mol. The highest BCUT2D eigenvalue weighted by Gasteiger charge is 2.54. The smallest absolute Gasteiger partial charge is 0.323 e. The molecule has 4 heteroatoms. The topological polar surface area (TPSA) is 52.6 Å². The second kappa shape index (κ2) is 6.60. The first-order valence-corrected chi connectivity index (χ1v) is 7.12. The van der Waals surface area contributed by atoms with Crippen LogP contribution < -0.4 is 0 Å². The van der Waals surface area contributed by atoms with E-state index in [-0.39, 0.29) is 12.3 Å². The summed E-state index contributed by atoms with van der Waals surface area (Å²) in [6.07, 6.45) is 4.38. The molecule has 116 valence electrons. The van der Waals surface area contributed by atoms with Crippen molar-refractivity contribution < 1.29 is 19.1 Å². The third kappa shape index (κ3) is 2.82. The van der Waals surface area contributed by atoms with Crippen molar-refractivity contribution in [1.82, 2.24) is 0 Å². The second-order valence-electron chi connectivity index (χ2n) is 5.42. The zero-order chi connectivity index (χ0) is 16.2. The number of benzene rings is 1. The number of esters is 2. The van der Waals surface area contributed by atoms with E-state index in [2.05, 4.69) is 6.58 Å². The zero-order valence-electron chi connectivity index (χ0n) is 12.9. The molecule has 1 aliphatic carbocycles. The van der Waals surface area contributed by atoms with E-state index in [9.17, 15) is 9.59 Å². The van der Waals surface area contributed by atoms with Crippen molar-refractivity contribution in [2.45, 2.75) is 12.8 Å². The van der Waals surface area contributed by atoms with Crippen molar-refractivity contribution in [1.29, 1.82) is 0 Å². The van der Waals surface area contributed by atoms with E-state index in [0.29, 0.717) is 6.42 Å². The van der Waals surface area contributed by atoms with Gasteiger partial charge in [0.25, 0.3) is 0 Å². The van der Waals surface area contributed by atoms with Gasteiger partial charge in [-0.3, -0.25) is 9.59 Å². The molecule has 0 N–H and O–H groups in total. The van der Waals surface area contributed by atoms with Crippen LogP contribution in [0.2, 0.25) is 0 Å². The van der Waals surface area contributed by atoms with Gasteiger partial charge in [0, 0.05) is 0 Å². The number of hydrogen-bond donors (Lipinski definition) is 0. The maximum Gasteiger partial charge on any atom is 0.323 e. The maximum atomic E-state index is 12.2. The summed E-state index contributed by atoms with van der Waals surface area (Å²) in [6.45, 7) is 3.83. The minimum atomic E-state index is -1.27. The first-order valence-electron chi connectivity index (χ1n) is 7.12. The van der Waals surface area contributed by atoms with Crippen LogP contribution in [-0.4, -0.2) is 26.2 Å². The lowest BCUT2D eigenvalue weighted by atomic mass is 9.85. The Balaban J connectivity index is 2.42. The van der Waals surface area contributed by atoms with Gasteiger partial charge in [0.05, 0.1) is 14.2 Å². The van der Waals surface area contributed by atoms with Crippen LogP contribution in [0.3, 0.4) is 0 Å². The molecule has 1 aromatic rings. The molecule has 0 saturated heterocycles. The molecule has 0 bridgehead atoms. The van der Waals surface area contributed by atoms with Gasteiger partial charge in [-0.15, -0.1) is 6.58 Å². The number of carbonyl (C=O) groups is 2. The van der Waals surface area contributed by atoms with E-state index < -0.39 is 17.4 Å². The molecule has 0 spiro atoms. The molecule has 2 rings (SSSR count). The quantitative estimate of drug-likeness (QED) is 0.487. The molecule has 4 nitrogen and oxygen atoms in total. The van der Waals surface area contributed by atoms with E-state index in [1.165, 1.54) is 14.2 Å². The fourth-order valence-electron chi connectivity index (χ4n) is 3.00. The molecule has 0 heterocycles. The van der Waals surface area contributed by atoms with Crippen molar-refractivity contribution in [3.8, 4) is 0 Å². The molecule has 0 radical (unpaired) electrons. The van der Waals surface area contributed by atoms with Crippen molar-refractivity contribution >= 4 is 18.0 Å². The number of carbonyl (C=O) groups excluding carboxylic acids is 2. The first-order chi connectivity index (χ1) is 10.6. The molecule has 0 amide bonds. The average molecular weight is 300 g/mol. The van der Waals surface area contributed by atoms with Crippen LogP contribution in [0.4, 0.5) is 0 Å². The van der Waals surface area contributed by atoms with E-state index >= 15 is 0 Å². The van der Waals surface area contributed by atoms with E-state index in [1.807, 2.05) is 36.4 Å². The normalized spacial score (nSPS) is 21.4. The summed E-state index contributed by atoms with van der Waals surface area (Å²) in [5, 5.41) is 0. The van der Waals surface area contributed by atoms with Gasteiger partial charge in [-0.05, 0) is 24.3 Å². The first kappa shape index (κ1) is 16.0. The van der Waals surface area contributed by atoms with Gasteiger partial charge in [0.1, 0.15) is 0 Å². The number of allylic oxidation sites excluding steroid dienone is 2. The SMILES string of the molecule is C=CC1CC(C(=O)OC)(C(=O)OC)C/C1=C/c1ccccc1. The van der Waals surface area contributed by atoms with Crippen LogP contribution in [0.1, 0.15) is 18.4 Å². The summed E-state index contributed by atoms with van der Waals surface area (Å²) < 4.78 is 9.70. The second-order valence-corrected chi connectivity index (χ2v) is 5.42. The molecule has 1 fully saturated rings. The number of hydrogen-bond acceptors (Lipinski definition) is 4. The third-order valence-electron chi connectivity index (χ3n) is 4.14. The molecular weight excluding hydrogens is 280 g/mol. The summed E-state index contributed by atoms with van der Waals surface area (Å²) in [5.74, 6) is -1.16. The van der Waals surface area contributed by atoms with Crippen LogP contribution in [0.25, 0.3) is 6.08 Å². The molecule has 1 saturated carbocycles. The van der Waals surface area contributed by atoms with Crippen LogP contribution in [0.5, 0.6) is 0 Å². The van der Waals surface area contributed by atoms with Gasteiger partial charge in [-0.1, -0.05) is 48.1 Å². The Morgan fingerprint density at radius 3 is 2.27 bits per heavy atom. The van der Waals surface area contributed by atoms with Crippen molar-refractivity contribution in [3.05, 3.63) is 54.1 Å². The Labute approximate surface area is 130 Å². The summed E-state index contributed by atoms with van der Waals surface area (Å²) in [5.41, 5.74) is 0.732. The van der Waals surface area contributed by atoms with Gasteiger partial charge >= 0.3 is 11.9 Å². The fourth-order valence-corrected chi connectivity index (χ4v) is 3.00. The maximum absolute atomic E-state index is 12.2. The van der Waals surface area contributed by atoms with Gasteiger partial charge in [-0.25, -0.2) is 0 Å². The number of ether oxygens (including phenoxy) is 2. The summed E-state index contributed by atoms with van der Waals surface area (Å²) in [6, 6.07) is 9.78. The van der Waals surface area contributed by atoms with Gasteiger partial charge in [-0.2, -0.15) is 0 Å². The predicted octanol–water partition coefficient (Wildman–Crippen LogP) is 3.00. The van der Waals surface area contributed by atoms with Crippen molar-refractivity contribution in [2.24, 2.45) is 11.3 Å². The van der Waals surface area contributed by atoms with Gasteiger partial charge in [0.15, 0.2) is 5.41 Å². The highest BCUT2D eigenvalue weighted by molar-refractivity contribution is 6.01. The lowest BCUT2D eigenvalue weighted by Crippen LogP contribution is -2.39. The van der Waals surface area contributed by atoms with E-state index in [1.54, 1.807) is 6.08 Å². The Hall–Kier alpha value is -2.36. The molecule has 0 aromatic heterocycles. The largest absolute Gasteiger partial charge is 0.468 e. The molecular formula is C18H20O4. The molecule has 1 aliphatic rings. The Kier molecular flexibility index (Phi) is 4.81. The molecule has 1 unspecified atom stereocenters. The highest BCUT2D eigenvalue weighted by Crippen LogP contribution is 2.48. The van der Waals surface area contributed by atoms with E-state index in [4.69, 9.17) is 9.47 Å². The zero-order valence-corrected chi connectivity index (χ0v) is 12.9. The van der Waals surface area contributed by atoms with Crippen LogP contribution in [0.15, 0.2) is 48.6 Å². The van der Waals surface area contributed by atoms with Gasteiger partial charge < -0.3 is 9.47 Å². The monoisotopic (exact) mass is 300 g/mol. The van der Waals surface area contributed by atoms with Gasteiger partial charge in [0.2, 0.25) is 0 Å². The van der Waals surface area contributed by atoms with Crippen molar-refractivity contribution in [2.75, 3.05) is 14.2 Å². The summed E-state index contributed by atoms with van der Waals surface area (Å²) in [4.78, 5) is 24.4. The van der Waals surface area contributed by atoms with E-state index in [0.717, 1.165) is 11.1 Å². The van der Waals surface area contributed by atoms with Crippen LogP contribution in [0, 0.1) is 11.3 Å². The molecule has 1 aromatic carbocycles. The standard InChI is InChI=1S/C18H20O4/c1-4-14-11-18(16(19)21-2,17(20)22-3)12-15(14)10-13-8-6-5-7-9-13/h4-10,14H,1,11-12H2,2-3H3/b15-10-. The average Bonchev–Trinajstić information content (AvgIpc) is 2.94. The Morgan fingerprint density at radius 2 is 1.77 bits per heavy atom. The fraction of sp³-hybridized carbons (Fsp3) is 0.333. The van der Waals surface area contributed by atoms with Crippen LogP contribution >= 0.6 is 0 Å². The summed E-state index contributed by atoms with van der Waals surface area (Å²) in [7, 11) is 2.57. The number of methoxy groups -OCH3 is 2. The molecule has 1 atom stereocenters. The number of rotatable bonds is 4. The third-order valence-corrected chi connectivity index (χ3v) is 4.14. The van der Waals surface area contributed by atoms with Crippen molar-refractivity contribution in [3.63, 3.8) is 0 Å². The lowest BCUT2D eigenvalue weighted by Gasteiger charge is -2.22. The molecule has 22 heavy (non-hydrogen) atoms.